The van der Waals surface area contributed by atoms with Gasteiger partial charge in [0.1, 0.15) is 5.82 Å². The summed E-state index contributed by atoms with van der Waals surface area (Å²) < 4.78 is 15.0. The lowest BCUT2D eigenvalue weighted by Gasteiger charge is -2.06. The molecular formula is C11H9FN2O2. The lowest BCUT2D eigenvalue weighted by molar-refractivity contribution is 0.626. The zero-order valence-corrected chi connectivity index (χ0v) is 8.55. The van der Waals surface area contributed by atoms with E-state index in [0.717, 1.165) is 4.57 Å². The van der Waals surface area contributed by atoms with Crippen LogP contribution in [-0.4, -0.2) is 9.13 Å². The number of hydrogen-bond donors (Lipinski definition) is 0. The van der Waals surface area contributed by atoms with E-state index in [1.165, 1.54) is 48.1 Å². The largest absolute Gasteiger partial charge is 0.335 e. The van der Waals surface area contributed by atoms with E-state index in [0.29, 0.717) is 5.69 Å². The molecular weight excluding hydrogens is 211 g/mol. The highest BCUT2D eigenvalue weighted by molar-refractivity contribution is 5.31. The van der Waals surface area contributed by atoms with Crippen molar-refractivity contribution in [1.82, 2.24) is 9.13 Å². The van der Waals surface area contributed by atoms with Crippen LogP contribution in [-0.2, 0) is 7.05 Å². The van der Waals surface area contributed by atoms with Crippen molar-refractivity contribution in [2.24, 2.45) is 7.05 Å². The van der Waals surface area contributed by atoms with Crippen LogP contribution in [0.2, 0.25) is 0 Å². The van der Waals surface area contributed by atoms with Crippen LogP contribution in [0, 0.1) is 5.82 Å². The molecule has 2 rings (SSSR count). The molecule has 0 aliphatic carbocycles. The Bertz CT molecular complexity index is 626. The van der Waals surface area contributed by atoms with Gasteiger partial charge in [-0.15, -0.1) is 0 Å². The predicted molar refractivity (Wildman–Crippen MR) is 57.2 cm³/mol. The lowest BCUT2D eigenvalue weighted by Crippen LogP contribution is -2.36. The zero-order valence-electron chi connectivity index (χ0n) is 8.55. The van der Waals surface area contributed by atoms with Gasteiger partial charge in [-0.3, -0.25) is 13.9 Å². The Morgan fingerprint density at radius 1 is 1.06 bits per heavy atom. The Hall–Kier alpha value is -2.17. The summed E-state index contributed by atoms with van der Waals surface area (Å²) in [6, 6.07) is 6.74. The molecule has 0 unspecified atom stereocenters. The van der Waals surface area contributed by atoms with Gasteiger partial charge in [-0.2, -0.15) is 0 Å². The minimum Gasteiger partial charge on any atom is -0.269 e. The quantitative estimate of drug-likeness (QED) is 0.709. The van der Waals surface area contributed by atoms with Gasteiger partial charge in [-0.1, -0.05) is 0 Å². The van der Waals surface area contributed by atoms with Crippen molar-refractivity contribution in [2.75, 3.05) is 0 Å². The molecule has 0 bridgehead atoms. The van der Waals surface area contributed by atoms with Crippen molar-refractivity contribution in [1.29, 1.82) is 0 Å². The fourth-order valence-electron chi connectivity index (χ4n) is 1.37. The van der Waals surface area contributed by atoms with Crippen molar-refractivity contribution in [3.63, 3.8) is 0 Å². The minimum absolute atomic E-state index is 0.372. The van der Waals surface area contributed by atoms with Gasteiger partial charge < -0.3 is 0 Å². The molecule has 5 heteroatoms. The van der Waals surface area contributed by atoms with E-state index < -0.39 is 5.69 Å². The highest BCUT2D eigenvalue weighted by atomic mass is 19.1. The summed E-state index contributed by atoms with van der Waals surface area (Å²) >= 11 is 0. The van der Waals surface area contributed by atoms with E-state index in [2.05, 4.69) is 0 Å². The molecule has 82 valence electrons. The minimum atomic E-state index is -0.459. The number of hydrogen-bond acceptors (Lipinski definition) is 2. The predicted octanol–water partition coefficient (Wildman–Crippen LogP) is 0.675. The van der Waals surface area contributed by atoms with Gasteiger partial charge >= 0.3 is 5.69 Å². The third-order valence-electron chi connectivity index (χ3n) is 2.29. The molecule has 0 atom stereocenters. The molecule has 1 heterocycles. The molecule has 0 aliphatic rings. The maximum atomic E-state index is 12.7. The average Bonchev–Trinajstić information content (AvgIpc) is 2.28. The van der Waals surface area contributed by atoms with E-state index in [1.54, 1.807) is 0 Å². The molecule has 0 spiro atoms. The standard InChI is InChI=1S/C11H9FN2O2/c1-13-10(15)6-7-14(11(13)16)9-4-2-8(12)3-5-9/h2-7H,1H3. The Balaban J connectivity index is 2.66. The lowest BCUT2D eigenvalue weighted by atomic mass is 10.3. The van der Waals surface area contributed by atoms with Crippen molar-refractivity contribution in [2.45, 2.75) is 0 Å². The summed E-state index contributed by atoms with van der Waals surface area (Å²) in [5, 5.41) is 0. The monoisotopic (exact) mass is 220 g/mol. The molecule has 0 radical (unpaired) electrons. The first kappa shape index (κ1) is 10.4. The van der Waals surface area contributed by atoms with Crippen molar-refractivity contribution in [3.8, 4) is 5.69 Å². The van der Waals surface area contributed by atoms with Crippen molar-refractivity contribution < 1.29 is 4.39 Å². The summed E-state index contributed by atoms with van der Waals surface area (Å²) in [6.45, 7) is 0. The highest BCUT2D eigenvalue weighted by Gasteiger charge is 2.03. The van der Waals surface area contributed by atoms with E-state index in [1.807, 2.05) is 0 Å². The first-order valence-electron chi connectivity index (χ1n) is 4.64. The van der Waals surface area contributed by atoms with Crippen LogP contribution in [0.5, 0.6) is 0 Å². The second-order valence-corrected chi connectivity index (χ2v) is 3.34. The van der Waals surface area contributed by atoms with E-state index in [4.69, 9.17) is 0 Å². The zero-order chi connectivity index (χ0) is 11.7. The van der Waals surface area contributed by atoms with Gasteiger partial charge in [0.2, 0.25) is 0 Å². The molecule has 1 aromatic heterocycles. The second-order valence-electron chi connectivity index (χ2n) is 3.34. The number of aromatic nitrogens is 2. The van der Waals surface area contributed by atoms with Gasteiger partial charge in [0.05, 0.1) is 5.69 Å². The number of benzene rings is 1. The van der Waals surface area contributed by atoms with Gasteiger partial charge in [0.15, 0.2) is 0 Å². The molecule has 0 aliphatic heterocycles. The molecule has 0 saturated heterocycles. The van der Waals surface area contributed by atoms with Crippen molar-refractivity contribution in [3.05, 3.63) is 63.2 Å². The van der Waals surface area contributed by atoms with E-state index >= 15 is 0 Å². The first-order valence-corrected chi connectivity index (χ1v) is 4.64. The van der Waals surface area contributed by atoms with Gasteiger partial charge in [0, 0.05) is 19.3 Å². The molecule has 0 N–H and O–H groups in total. The fraction of sp³-hybridized carbons (Fsp3) is 0.0909. The van der Waals surface area contributed by atoms with Crippen molar-refractivity contribution >= 4 is 0 Å². The maximum Gasteiger partial charge on any atom is 0.335 e. The van der Waals surface area contributed by atoms with Crippen LogP contribution in [0.15, 0.2) is 46.1 Å². The van der Waals surface area contributed by atoms with Crippen LogP contribution < -0.4 is 11.2 Å². The maximum absolute atomic E-state index is 12.7. The number of nitrogens with zero attached hydrogens (tertiary/aromatic N) is 2. The Morgan fingerprint density at radius 2 is 1.69 bits per heavy atom. The van der Waals surface area contributed by atoms with Gasteiger partial charge in [0.25, 0.3) is 5.56 Å². The topological polar surface area (TPSA) is 44.0 Å². The summed E-state index contributed by atoms with van der Waals surface area (Å²) in [5.74, 6) is -0.374. The molecule has 1 aromatic carbocycles. The van der Waals surface area contributed by atoms with Gasteiger partial charge in [-0.05, 0) is 24.3 Å². The average molecular weight is 220 g/mol. The molecule has 2 aromatic rings. The molecule has 4 nitrogen and oxygen atoms in total. The molecule has 0 fully saturated rings. The normalized spacial score (nSPS) is 10.4. The summed E-state index contributed by atoms with van der Waals surface area (Å²) in [7, 11) is 1.39. The number of halogens is 1. The smallest absolute Gasteiger partial charge is 0.269 e. The fourth-order valence-corrected chi connectivity index (χ4v) is 1.37. The highest BCUT2D eigenvalue weighted by Crippen LogP contribution is 2.05. The third kappa shape index (κ3) is 1.67. The van der Waals surface area contributed by atoms with Crippen LogP contribution in [0.4, 0.5) is 4.39 Å². The van der Waals surface area contributed by atoms with Crippen LogP contribution in [0.3, 0.4) is 0 Å². The molecule has 0 amide bonds. The summed E-state index contributed by atoms with van der Waals surface area (Å²) in [6.07, 6.45) is 1.37. The van der Waals surface area contributed by atoms with E-state index in [9.17, 15) is 14.0 Å². The molecule has 16 heavy (non-hydrogen) atoms. The first-order chi connectivity index (χ1) is 7.59. The van der Waals surface area contributed by atoms with Crippen LogP contribution in [0.1, 0.15) is 0 Å². The van der Waals surface area contributed by atoms with Crippen LogP contribution in [0.25, 0.3) is 5.69 Å². The van der Waals surface area contributed by atoms with Crippen LogP contribution >= 0.6 is 0 Å². The Kier molecular flexibility index (Phi) is 2.44. The van der Waals surface area contributed by atoms with E-state index in [-0.39, 0.29) is 11.4 Å². The second kappa shape index (κ2) is 3.77. The van der Waals surface area contributed by atoms with Gasteiger partial charge in [-0.25, -0.2) is 9.18 Å². The number of rotatable bonds is 1. The summed E-state index contributed by atoms with van der Waals surface area (Å²) in [5.41, 5.74) is -0.315. The SMILES string of the molecule is Cn1c(=O)ccn(-c2ccc(F)cc2)c1=O. The Labute approximate surface area is 90.2 Å². The third-order valence-corrected chi connectivity index (χ3v) is 2.29. The summed E-state index contributed by atoms with van der Waals surface area (Å²) in [4.78, 5) is 22.9. The molecule has 0 saturated carbocycles. The Morgan fingerprint density at radius 3 is 2.31 bits per heavy atom.